The van der Waals surface area contributed by atoms with E-state index in [1.807, 2.05) is 0 Å². The Labute approximate surface area is 44.0 Å². The predicted octanol–water partition coefficient (Wildman–Crippen LogP) is 0.737. The van der Waals surface area contributed by atoms with Crippen molar-refractivity contribution in [2.45, 2.75) is 16.0 Å². The van der Waals surface area contributed by atoms with E-state index in [9.17, 15) is 0 Å². The molecular formula is C3H5Na. The molecule has 0 spiro atoms. The molecule has 0 nitrogen and oxygen atoms in total. The number of rotatable bonds is 0. The van der Waals surface area contributed by atoms with E-state index >= 15 is 0 Å². The van der Waals surface area contributed by atoms with Crippen molar-refractivity contribution in [3.63, 3.8) is 0 Å². The van der Waals surface area contributed by atoms with Crippen LogP contribution in [-0.2, 0) is 0 Å². The first-order valence-electron chi connectivity index (χ1n) is 1.89. The Morgan fingerprint density at radius 2 is 1.75 bits per heavy atom. The third-order valence-corrected chi connectivity index (χ3v) is 2.02. The van der Waals surface area contributed by atoms with Gasteiger partial charge < -0.3 is 0 Å². The molecule has 1 aliphatic rings. The Balaban J connectivity index is 2.17. The molecule has 0 atom stereocenters. The van der Waals surface area contributed by atoms with Crippen molar-refractivity contribution in [1.29, 1.82) is 0 Å². The van der Waals surface area contributed by atoms with Gasteiger partial charge in [0.1, 0.15) is 0 Å². The second kappa shape index (κ2) is 1.00. The molecular weight excluding hydrogens is 59.0 g/mol. The third kappa shape index (κ3) is 0.750. The van der Waals surface area contributed by atoms with Crippen molar-refractivity contribution >= 4 is 27.9 Å². The fourth-order valence-electron chi connectivity index (χ4n) is 0.167. The summed E-state index contributed by atoms with van der Waals surface area (Å²) in [7, 11) is 0. The van der Waals surface area contributed by atoms with Crippen molar-refractivity contribution < 1.29 is 0 Å². The maximum atomic E-state index is 1.55. The number of hydrogen-bond acceptors (Lipinski definition) is 0. The second-order valence-electron chi connectivity index (χ2n) is 1.68. The molecule has 4 heavy (non-hydrogen) atoms. The van der Waals surface area contributed by atoms with Crippen molar-refractivity contribution in [2.75, 3.05) is 0 Å². The topological polar surface area (TPSA) is 0 Å². The molecule has 0 aromatic rings. The SMILES string of the molecule is [Na][CH]1CC1. The molecule has 0 amide bonds. The van der Waals surface area contributed by atoms with E-state index in [4.69, 9.17) is 0 Å². The minimum absolute atomic E-state index is 1.22. The van der Waals surface area contributed by atoms with E-state index in [2.05, 4.69) is 0 Å². The van der Waals surface area contributed by atoms with Gasteiger partial charge in [-0.2, -0.15) is 0 Å². The molecule has 0 saturated heterocycles. The summed E-state index contributed by atoms with van der Waals surface area (Å²) in [6.45, 7) is 0. The quantitative estimate of drug-likeness (QED) is 0.364. The van der Waals surface area contributed by atoms with E-state index in [1.165, 1.54) is 31.1 Å². The Morgan fingerprint density at radius 3 is 1.75 bits per heavy atom. The molecule has 1 saturated carbocycles. The van der Waals surface area contributed by atoms with E-state index in [0.717, 1.165) is 0 Å². The van der Waals surface area contributed by atoms with Gasteiger partial charge in [-0.1, -0.05) is 0 Å². The van der Waals surface area contributed by atoms with E-state index < -0.39 is 0 Å². The van der Waals surface area contributed by atoms with Crippen molar-refractivity contribution in [3.8, 4) is 0 Å². The van der Waals surface area contributed by atoms with Crippen LogP contribution >= 0.6 is 0 Å². The van der Waals surface area contributed by atoms with Crippen molar-refractivity contribution in [2.24, 2.45) is 0 Å². The second-order valence-corrected chi connectivity index (χ2v) is 3.32. The fraction of sp³-hybridized carbons (Fsp3) is 1.00. The molecule has 0 heterocycles. The molecule has 0 bridgehead atoms. The molecule has 0 aliphatic heterocycles. The summed E-state index contributed by atoms with van der Waals surface area (Å²) in [4.78, 5) is 0. The molecule has 1 fully saturated rings. The van der Waals surface area contributed by atoms with Crippen LogP contribution in [-0.4, -0.2) is 27.9 Å². The van der Waals surface area contributed by atoms with Gasteiger partial charge in [0, 0.05) is 0 Å². The zero-order valence-corrected chi connectivity index (χ0v) is 4.99. The first kappa shape index (κ1) is 3.20. The average Bonchev–Trinajstić information content (AvgIpc) is 1.75. The molecule has 18 valence electrons. The van der Waals surface area contributed by atoms with Crippen molar-refractivity contribution in [3.05, 3.63) is 0 Å². The van der Waals surface area contributed by atoms with Crippen LogP contribution in [0.4, 0.5) is 0 Å². The van der Waals surface area contributed by atoms with Gasteiger partial charge in [0.15, 0.2) is 0 Å². The van der Waals surface area contributed by atoms with Gasteiger partial charge in [-0.25, -0.2) is 0 Å². The zero-order chi connectivity index (χ0) is 2.99. The van der Waals surface area contributed by atoms with Crippen LogP contribution in [0.3, 0.4) is 0 Å². The summed E-state index contributed by atoms with van der Waals surface area (Å²) >= 11 is 1.46. The summed E-state index contributed by atoms with van der Waals surface area (Å²) in [6.07, 6.45) is 3.10. The van der Waals surface area contributed by atoms with Gasteiger partial charge in [-0.05, 0) is 0 Å². The van der Waals surface area contributed by atoms with Gasteiger partial charge in [-0.15, -0.1) is 0 Å². The molecule has 0 radical (unpaired) electrons. The average molecular weight is 64.1 g/mol. The van der Waals surface area contributed by atoms with Gasteiger partial charge >= 0.3 is 43.9 Å². The van der Waals surface area contributed by atoms with Crippen LogP contribution in [0.25, 0.3) is 0 Å². The Kier molecular flexibility index (Phi) is 0.800. The van der Waals surface area contributed by atoms with Crippen LogP contribution in [0.1, 0.15) is 12.8 Å². The molecule has 0 N–H and O–H groups in total. The minimum atomic E-state index is 1.22. The maximum absolute atomic E-state index is 1.55. The van der Waals surface area contributed by atoms with Crippen molar-refractivity contribution in [1.82, 2.24) is 0 Å². The van der Waals surface area contributed by atoms with E-state index in [0.29, 0.717) is 0 Å². The van der Waals surface area contributed by atoms with Gasteiger partial charge in [0.05, 0.1) is 0 Å². The molecule has 0 unspecified atom stereocenters. The van der Waals surface area contributed by atoms with Crippen LogP contribution in [0.2, 0.25) is 3.17 Å². The van der Waals surface area contributed by atoms with E-state index in [1.54, 1.807) is 12.8 Å². The summed E-state index contributed by atoms with van der Waals surface area (Å²) in [5.41, 5.74) is 0. The molecule has 1 rings (SSSR count). The van der Waals surface area contributed by atoms with Gasteiger partial charge in [0.2, 0.25) is 0 Å². The predicted molar refractivity (Wildman–Crippen MR) is 18.7 cm³/mol. The Bertz CT molecular complexity index is 22.5. The first-order valence-corrected chi connectivity index (χ1v) is 3.05. The zero-order valence-electron chi connectivity index (χ0n) is 2.99. The monoisotopic (exact) mass is 64.0 g/mol. The van der Waals surface area contributed by atoms with Crippen LogP contribution in [0, 0.1) is 0 Å². The summed E-state index contributed by atoms with van der Waals surface area (Å²) in [5.74, 6) is 0. The number of hydrogen-bond donors (Lipinski definition) is 0. The van der Waals surface area contributed by atoms with Crippen LogP contribution in [0.15, 0.2) is 0 Å². The molecule has 0 aromatic heterocycles. The summed E-state index contributed by atoms with van der Waals surface area (Å²) in [5, 5.41) is 0. The Hall–Kier alpha value is 1.00. The van der Waals surface area contributed by atoms with Crippen LogP contribution < -0.4 is 0 Å². The first-order chi connectivity index (χ1) is 1.89. The van der Waals surface area contributed by atoms with Crippen LogP contribution in [0.5, 0.6) is 0 Å². The van der Waals surface area contributed by atoms with E-state index in [-0.39, 0.29) is 0 Å². The van der Waals surface area contributed by atoms with Gasteiger partial charge in [0.25, 0.3) is 0 Å². The molecule has 1 heteroatoms. The van der Waals surface area contributed by atoms with Gasteiger partial charge in [-0.3, -0.25) is 0 Å². The fourth-order valence-corrected chi connectivity index (χ4v) is 0.500. The Morgan fingerprint density at radius 1 is 1.50 bits per heavy atom. The summed E-state index contributed by atoms with van der Waals surface area (Å²) < 4.78 is 1.22. The molecule has 1 aliphatic carbocycles. The summed E-state index contributed by atoms with van der Waals surface area (Å²) in [6, 6.07) is 0. The normalized spacial score (nSPS) is 26.5. The molecule has 0 aromatic carbocycles. The third-order valence-electron chi connectivity index (χ3n) is 0.866. The standard InChI is InChI=1S/C3H5.Na/c1-2-3-1;/h1H,2-3H2;.